The van der Waals surface area contributed by atoms with E-state index in [0.29, 0.717) is 28.4 Å². The van der Waals surface area contributed by atoms with Gasteiger partial charge in [-0.05, 0) is 62.8 Å². The molecule has 2 aliphatic heterocycles. The van der Waals surface area contributed by atoms with Crippen molar-refractivity contribution < 1.29 is 31.7 Å². The number of halogens is 3. The second kappa shape index (κ2) is 10.1. The summed E-state index contributed by atoms with van der Waals surface area (Å²) in [5, 5.41) is 7.88. The van der Waals surface area contributed by atoms with Crippen LogP contribution < -0.4 is 15.4 Å². The second-order valence-electron chi connectivity index (χ2n) is 10.7. The molecular formula is C28H26F3N5O5. The van der Waals surface area contributed by atoms with Crippen LogP contribution in [-0.2, 0) is 11.3 Å². The van der Waals surface area contributed by atoms with Crippen molar-refractivity contribution in [3.63, 3.8) is 0 Å². The Morgan fingerprint density at radius 2 is 1.78 bits per heavy atom. The third-order valence-electron chi connectivity index (χ3n) is 8.01. The highest BCUT2D eigenvalue weighted by Gasteiger charge is 2.42. The van der Waals surface area contributed by atoms with Crippen LogP contribution in [0.4, 0.5) is 19.0 Å². The van der Waals surface area contributed by atoms with Gasteiger partial charge < -0.3 is 18.9 Å². The summed E-state index contributed by atoms with van der Waals surface area (Å²) in [5.74, 6) is 1.12. The van der Waals surface area contributed by atoms with Gasteiger partial charge in [0.1, 0.15) is 23.0 Å². The van der Waals surface area contributed by atoms with Crippen molar-refractivity contribution in [2.75, 3.05) is 4.90 Å². The summed E-state index contributed by atoms with van der Waals surface area (Å²) < 4.78 is 60.2. The van der Waals surface area contributed by atoms with E-state index >= 15 is 0 Å². The predicted molar refractivity (Wildman–Crippen MR) is 138 cm³/mol. The Balaban J connectivity index is 1.07. The Hall–Kier alpha value is -4.13. The molecule has 1 aliphatic carbocycles. The first kappa shape index (κ1) is 25.8. The lowest BCUT2D eigenvalue weighted by molar-refractivity contribution is -0.274. The molecular weight excluding hydrogens is 543 g/mol. The van der Waals surface area contributed by atoms with Gasteiger partial charge in [-0.25, -0.2) is 9.78 Å². The molecule has 0 spiro atoms. The van der Waals surface area contributed by atoms with Crippen LogP contribution in [0.1, 0.15) is 55.8 Å². The number of alkyl halides is 3. The number of benzene rings is 1. The zero-order valence-electron chi connectivity index (χ0n) is 21.8. The lowest BCUT2D eigenvalue weighted by Gasteiger charge is -2.39. The van der Waals surface area contributed by atoms with Crippen LogP contribution in [-0.4, -0.2) is 44.8 Å². The van der Waals surface area contributed by atoms with Crippen molar-refractivity contribution in [2.45, 2.75) is 75.6 Å². The number of H-pyrrole nitrogens is 1. The van der Waals surface area contributed by atoms with Gasteiger partial charge in [0, 0.05) is 40.9 Å². The lowest BCUT2D eigenvalue weighted by atomic mass is 9.99. The Morgan fingerprint density at radius 1 is 1.00 bits per heavy atom. The Morgan fingerprint density at radius 3 is 2.44 bits per heavy atom. The monoisotopic (exact) mass is 569 g/mol. The molecule has 2 atom stereocenters. The molecule has 3 aliphatic rings. The van der Waals surface area contributed by atoms with Gasteiger partial charge in [0.15, 0.2) is 5.82 Å². The van der Waals surface area contributed by atoms with Crippen LogP contribution in [0, 0.1) is 0 Å². The Labute approximate surface area is 231 Å². The van der Waals surface area contributed by atoms with Crippen LogP contribution in [0.2, 0.25) is 0 Å². The van der Waals surface area contributed by atoms with Crippen molar-refractivity contribution >= 4 is 5.82 Å². The van der Waals surface area contributed by atoms with E-state index in [4.69, 9.17) is 9.26 Å². The molecule has 3 aromatic heterocycles. The van der Waals surface area contributed by atoms with Crippen molar-refractivity contribution in [3.05, 3.63) is 64.5 Å². The molecule has 2 saturated heterocycles. The van der Waals surface area contributed by atoms with Crippen LogP contribution in [0.15, 0.2) is 56.4 Å². The molecule has 13 heteroatoms. The highest BCUT2D eigenvalue weighted by molar-refractivity contribution is 5.70. The molecule has 1 saturated carbocycles. The predicted octanol–water partition coefficient (Wildman–Crippen LogP) is 5.57. The number of anilines is 1. The minimum Gasteiger partial charge on any atom is -0.405 e. The molecule has 0 radical (unpaired) electrons. The van der Waals surface area contributed by atoms with Gasteiger partial charge in [-0.2, -0.15) is 0 Å². The maximum Gasteiger partial charge on any atom is 0.573 e. The van der Waals surface area contributed by atoms with E-state index < -0.39 is 12.1 Å². The van der Waals surface area contributed by atoms with Gasteiger partial charge in [-0.15, -0.1) is 13.2 Å². The SMILES string of the molecule is O=c1[nH]c(-c2ccc(N3C4CCC3CC(OCc3c(-c5ccccc5OC(F)(F)F)noc3C3CC3)C4)nc2)no1. The summed E-state index contributed by atoms with van der Waals surface area (Å²) in [6.45, 7) is 0.192. The number of para-hydroxylation sites is 1. The van der Waals surface area contributed by atoms with Crippen molar-refractivity contribution in [3.8, 4) is 28.4 Å². The fourth-order valence-corrected chi connectivity index (χ4v) is 6.09. The Kier molecular flexibility index (Phi) is 6.33. The van der Waals surface area contributed by atoms with Crippen LogP contribution in [0.25, 0.3) is 22.6 Å². The summed E-state index contributed by atoms with van der Waals surface area (Å²) in [4.78, 5) is 20.7. The summed E-state index contributed by atoms with van der Waals surface area (Å²) in [6, 6.07) is 10.2. The number of aromatic nitrogens is 4. The third-order valence-corrected chi connectivity index (χ3v) is 8.01. The second-order valence-corrected chi connectivity index (χ2v) is 10.7. The number of pyridine rings is 1. The topological polar surface area (TPSA) is 120 Å². The zero-order chi connectivity index (χ0) is 28.1. The largest absolute Gasteiger partial charge is 0.573 e. The summed E-state index contributed by atoms with van der Waals surface area (Å²) in [7, 11) is 0. The van der Waals surface area contributed by atoms with Crippen LogP contribution >= 0.6 is 0 Å². The van der Waals surface area contributed by atoms with E-state index in [0.717, 1.165) is 44.3 Å². The average molecular weight is 570 g/mol. The smallest absolute Gasteiger partial charge is 0.405 e. The average Bonchev–Trinajstić information content (AvgIpc) is 3.46. The molecule has 3 fully saturated rings. The molecule has 0 amide bonds. The minimum atomic E-state index is -4.83. The maximum atomic E-state index is 13.1. The number of fused-ring (bicyclic) bond motifs is 2. The third kappa shape index (κ3) is 5.21. The maximum absolute atomic E-state index is 13.1. The number of piperidine rings is 1. The standard InChI is InChI=1S/C28H26F3N5O5/c29-28(30,31)39-22-4-2-1-3-20(22)24-21(25(40-34-24)15-5-6-15)14-38-19-11-17-8-9-18(12-19)36(17)23-10-7-16(13-32-23)26-33-27(37)41-35-26/h1-4,7,10,13,15,17-19H,5-6,8-9,11-12,14H2,(H,33,35,37). The Bertz CT molecular complexity index is 1580. The molecule has 2 bridgehead atoms. The number of nitrogens with one attached hydrogen (secondary N) is 1. The van der Waals surface area contributed by atoms with Crippen molar-refractivity contribution in [1.29, 1.82) is 0 Å². The first-order valence-corrected chi connectivity index (χ1v) is 13.6. The molecule has 1 aromatic carbocycles. The van der Waals surface area contributed by atoms with E-state index in [1.165, 1.54) is 12.1 Å². The first-order valence-electron chi connectivity index (χ1n) is 13.6. The van der Waals surface area contributed by atoms with E-state index in [-0.39, 0.29) is 42.0 Å². The minimum absolute atomic E-state index is 0.0281. The zero-order valence-corrected chi connectivity index (χ0v) is 21.8. The normalized spacial score (nSPS) is 22.3. The summed E-state index contributed by atoms with van der Waals surface area (Å²) >= 11 is 0. The molecule has 1 N–H and O–H groups in total. The van der Waals surface area contributed by atoms with E-state index in [1.807, 2.05) is 12.1 Å². The van der Waals surface area contributed by atoms with Gasteiger partial charge >= 0.3 is 12.1 Å². The molecule has 5 heterocycles. The molecule has 4 aromatic rings. The first-order chi connectivity index (χ1) is 19.8. The van der Waals surface area contributed by atoms with Crippen LogP contribution in [0.5, 0.6) is 5.75 Å². The number of hydrogen-bond donors (Lipinski definition) is 1. The number of rotatable bonds is 8. The summed E-state index contributed by atoms with van der Waals surface area (Å²) in [5.41, 5.74) is 1.88. The number of aromatic amines is 1. The summed E-state index contributed by atoms with van der Waals surface area (Å²) in [6.07, 6.45) is 2.32. The van der Waals surface area contributed by atoms with Gasteiger partial charge in [0.25, 0.3) is 0 Å². The number of ether oxygens (including phenoxy) is 2. The van der Waals surface area contributed by atoms with Crippen molar-refractivity contribution in [2.24, 2.45) is 0 Å². The van der Waals surface area contributed by atoms with Gasteiger partial charge in [-0.1, -0.05) is 22.4 Å². The van der Waals surface area contributed by atoms with Gasteiger partial charge in [0.05, 0.1) is 12.7 Å². The van der Waals surface area contributed by atoms with E-state index in [1.54, 1.807) is 18.3 Å². The molecule has 41 heavy (non-hydrogen) atoms. The number of nitrogens with zero attached hydrogens (tertiary/aromatic N) is 4. The highest BCUT2D eigenvalue weighted by Crippen LogP contribution is 2.46. The fourth-order valence-electron chi connectivity index (χ4n) is 6.09. The van der Waals surface area contributed by atoms with Gasteiger partial charge in [-0.3, -0.25) is 9.51 Å². The van der Waals surface area contributed by atoms with Crippen molar-refractivity contribution in [1.82, 2.24) is 20.3 Å². The lowest BCUT2D eigenvalue weighted by Crippen LogP contribution is -2.46. The molecule has 10 nitrogen and oxygen atoms in total. The molecule has 2 unspecified atom stereocenters. The molecule has 214 valence electrons. The van der Waals surface area contributed by atoms with E-state index in [2.05, 4.69) is 34.4 Å². The van der Waals surface area contributed by atoms with E-state index in [9.17, 15) is 18.0 Å². The number of hydrogen-bond acceptors (Lipinski definition) is 9. The highest BCUT2D eigenvalue weighted by atomic mass is 19.4. The fraction of sp³-hybridized carbons (Fsp3) is 0.429. The van der Waals surface area contributed by atoms with Crippen LogP contribution in [0.3, 0.4) is 0 Å². The van der Waals surface area contributed by atoms with Gasteiger partial charge in [0.2, 0.25) is 0 Å². The molecule has 7 rings (SSSR count). The quantitative estimate of drug-likeness (QED) is 0.290.